The maximum absolute atomic E-state index is 12.6. The zero-order valence-corrected chi connectivity index (χ0v) is 15.4. The van der Waals surface area contributed by atoms with Gasteiger partial charge in [0, 0.05) is 6.07 Å². The molecule has 0 fully saturated rings. The number of rotatable bonds is 5. The molecule has 8 heteroatoms. The van der Waals surface area contributed by atoms with Crippen LogP contribution in [0.4, 0.5) is 0 Å². The first-order valence-corrected chi connectivity index (χ1v) is 8.23. The fourth-order valence-corrected chi connectivity index (χ4v) is 3.01. The molecule has 0 N–H and O–H groups in total. The lowest BCUT2D eigenvalue weighted by atomic mass is 10.1. The molecule has 0 unspecified atom stereocenters. The number of carbonyl (C=O) groups excluding carboxylic acids is 3. The van der Waals surface area contributed by atoms with Gasteiger partial charge in [0.05, 0.1) is 47.5 Å². The van der Waals surface area contributed by atoms with E-state index in [2.05, 4.69) is 0 Å². The first-order chi connectivity index (χ1) is 12.4. The number of carbonyl (C=O) groups is 3. The third-order valence-electron chi connectivity index (χ3n) is 4.02. The molecule has 0 saturated carbocycles. The maximum atomic E-state index is 12.6. The van der Waals surface area contributed by atoms with Crippen LogP contribution in [0.25, 0.3) is 0 Å². The molecule has 0 spiro atoms. The predicted molar refractivity (Wildman–Crippen MR) is 95.7 cm³/mol. The van der Waals surface area contributed by atoms with Gasteiger partial charge in [-0.15, -0.1) is 0 Å². The van der Waals surface area contributed by atoms with E-state index in [-0.39, 0.29) is 32.5 Å². The van der Waals surface area contributed by atoms with Crippen molar-refractivity contribution in [2.24, 2.45) is 0 Å². The van der Waals surface area contributed by atoms with Crippen molar-refractivity contribution < 1.29 is 23.9 Å². The summed E-state index contributed by atoms with van der Waals surface area (Å²) in [4.78, 5) is 38.5. The van der Waals surface area contributed by atoms with Crippen LogP contribution in [0.2, 0.25) is 10.0 Å². The fourth-order valence-electron chi connectivity index (χ4n) is 2.69. The van der Waals surface area contributed by atoms with Gasteiger partial charge in [0.15, 0.2) is 5.78 Å². The van der Waals surface area contributed by atoms with Crippen molar-refractivity contribution in [3.8, 4) is 11.5 Å². The summed E-state index contributed by atoms with van der Waals surface area (Å²) in [5, 5.41) is 0.327. The number of ether oxygens (including phenoxy) is 2. The molecule has 1 aliphatic heterocycles. The van der Waals surface area contributed by atoms with Crippen molar-refractivity contribution in [1.29, 1.82) is 0 Å². The van der Waals surface area contributed by atoms with Gasteiger partial charge in [-0.2, -0.15) is 0 Å². The molecule has 0 radical (unpaired) electrons. The Bertz CT molecular complexity index is 900. The Morgan fingerprint density at radius 1 is 0.962 bits per heavy atom. The fraction of sp³-hybridized carbons (Fsp3) is 0.167. The van der Waals surface area contributed by atoms with E-state index in [0.29, 0.717) is 5.75 Å². The van der Waals surface area contributed by atoms with Gasteiger partial charge < -0.3 is 9.47 Å². The normalized spacial score (nSPS) is 13.0. The first kappa shape index (κ1) is 18.2. The van der Waals surface area contributed by atoms with E-state index in [1.165, 1.54) is 32.4 Å². The van der Waals surface area contributed by atoms with Gasteiger partial charge in [-0.1, -0.05) is 23.2 Å². The van der Waals surface area contributed by atoms with Crippen LogP contribution in [-0.2, 0) is 0 Å². The zero-order valence-electron chi connectivity index (χ0n) is 13.8. The maximum Gasteiger partial charge on any atom is 0.262 e. The van der Waals surface area contributed by atoms with Crippen molar-refractivity contribution in [3.63, 3.8) is 0 Å². The Morgan fingerprint density at radius 2 is 1.54 bits per heavy atom. The minimum absolute atomic E-state index is 0.124. The Balaban J connectivity index is 1.89. The number of nitrogens with zero attached hydrogens (tertiary/aromatic N) is 1. The highest BCUT2D eigenvalue weighted by Gasteiger charge is 2.37. The Morgan fingerprint density at radius 3 is 2.04 bits per heavy atom. The van der Waals surface area contributed by atoms with Crippen molar-refractivity contribution >= 4 is 40.8 Å². The van der Waals surface area contributed by atoms with E-state index in [0.717, 1.165) is 4.90 Å². The zero-order chi connectivity index (χ0) is 19.0. The Labute approximate surface area is 159 Å². The monoisotopic (exact) mass is 393 g/mol. The summed E-state index contributed by atoms with van der Waals surface area (Å²) in [5.41, 5.74) is 0.485. The lowest BCUT2D eigenvalue weighted by molar-refractivity contribution is 0.0623. The summed E-state index contributed by atoms with van der Waals surface area (Å²) < 4.78 is 10.3. The molecule has 2 aromatic carbocycles. The van der Waals surface area contributed by atoms with Crippen LogP contribution in [0.3, 0.4) is 0 Å². The van der Waals surface area contributed by atoms with Crippen molar-refractivity contribution in [2.45, 2.75) is 0 Å². The van der Waals surface area contributed by atoms with E-state index >= 15 is 0 Å². The molecule has 1 aliphatic rings. The summed E-state index contributed by atoms with van der Waals surface area (Å²) in [5.74, 6) is -0.828. The number of halogens is 2. The second kappa shape index (κ2) is 6.97. The summed E-state index contributed by atoms with van der Waals surface area (Å²) in [6.45, 7) is -0.426. The number of imide groups is 1. The van der Waals surface area contributed by atoms with Crippen LogP contribution in [0.1, 0.15) is 31.1 Å². The molecule has 1 heterocycles. The molecule has 0 aromatic heterocycles. The van der Waals surface area contributed by atoms with Crippen LogP contribution >= 0.6 is 23.2 Å². The number of amides is 2. The molecule has 0 aliphatic carbocycles. The largest absolute Gasteiger partial charge is 0.497 e. The van der Waals surface area contributed by atoms with Crippen molar-refractivity contribution in [2.75, 3.05) is 20.8 Å². The molecule has 26 heavy (non-hydrogen) atoms. The molecular formula is C18H13Cl2NO5. The third-order valence-corrected chi connectivity index (χ3v) is 4.74. The minimum Gasteiger partial charge on any atom is -0.497 e. The molecular weight excluding hydrogens is 381 g/mol. The van der Waals surface area contributed by atoms with Gasteiger partial charge in [-0.05, 0) is 24.3 Å². The summed E-state index contributed by atoms with van der Waals surface area (Å²) in [7, 11) is 2.91. The van der Waals surface area contributed by atoms with Crippen LogP contribution in [0, 0.1) is 0 Å². The Hall–Kier alpha value is -2.57. The third kappa shape index (κ3) is 3.02. The van der Waals surface area contributed by atoms with Crippen LogP contribution in [0.15, 0.2) is 30.3 Å². The lowest BCUT2D eigenvalue weighted by Crippen LogP contribution is -2.35. The van der Waals surface area contributed by atoms with Gasteiger partial charge >= 0.3 is 0 Å². The average Bonchev–Trinajstić information content (AvgIpc) is 2.86. The summed E-state index contributed by atoms with van der Waals surface area (Å²) >= 11 is 11.8. The molecule has 0 bridgehead atoms. The van der Waals surface area contributed by atoms with Gasteiger partial charge in [-0.3, -0.25) is 19.3 Å². The van der Waals surface area contributed by atoms with E-state index < -0.39 is 24.1 Å². The molecule has 6 nitrogen and oxygen atoms in total. The quantitative estimate of drug-likeness (QED) is 0.574. The van der Waals surface area contributed by atoms with Crippen LogP contribution in [0.5, 0.6) is 11.5 Å². The number of methoxy groups -OCH3 is 2. The molecule has 0 saturated heterocycles. The number of Topliss-reactive ketones (excluding diaryl/α,β-unsaturated/α-hetero) is 1. The van der Waals surface area contributed by atoms with Crippen LogP contribution < -0.4 is 9.47 Å². The van der Waals surface area contributed by atoms with Crippen LogP contribution in [-0.4, -0.2) is 43.3 Å². The molecule has 134 valence electrons. The lowest BCUT2D eigenvalue weighted by Gasteiger charge is -2.14. The van der Waals surface area contributed by atoms with E-state index in [1.54, 1.807) is 12.1 Å². The summed E-state index contributed by atoms with van der Waals surface area (Å²) in [6, 6.07) is 7.33. The predicted octanol–water partition coefficient (Wildman–Crippen LogP) is 3.49. The second-order valence-electron chi connectivity index (χ2n) is 5.50. The highest BCUT2D eigenvalue weighted by Crippen LogP contribution is 2.32. The number of benzene rings is 2. The number of fused-ring (bicyclic) bond motifs is 1. The number of ketones is 1. The number of hydrogen-bond acceptors (Lipinski definition) is 5. The molecule has 0 atom stereocenters. The first-order valence-electron chi connectivity index (χ1n) is 7.47. The highest BCUT2D eigenvalue weighted by molar-refractivity contribution is 6.43. The SMILES string of the molecule is COc1ccc(C(=O)CN2C(=O)c3cc(Cl)c(Cl)cc3C2=O)c(OC)c1. The topological polar surface area (TPSA) is 72.9 Å². The molecule has 3 rings (SSSR count). The van der Waals surface area contributed by atoms with E-state index in [4.69, 9.17) is 32.7 Å². The van der Waals surface area contributed by atoms with Gasteiger partial charge in [0.1, 0.15) is 11.5 Å². The molecule has 2 aromatic rings. The minimum atomic E-state index is -0.593. The Kier molecular flexibility index (Phi) is 4.89. The van der Waals surface area contributed by atoms with E-state index in [9.17, 15) is 14.4 Å². The van der Waals surface area contributed by atoms with Crippen molar-refractivity contribution in [1.82, 2.24) is 4.90 Å². The van der Waals surface area contributed by atoms with Gasteiger partial charge in [-0.25, -0.2) is 0 Å². The smallest absolute Gasteiger partial charge is 0.262 e. The van der Waals surface area contributed by atoms with Gasteiger partial charge in [0.2, 0.25) is 0 Å². The second-order valence-corrected chi connectivity index (χ2v) is 6.31. The number of hydrogen-bond donors (Lipinski definition) is 0. The average molecular weight is 394 g/mol. The standard InChI is InChI=1S/C18H13Cl2NO5/c1-25-9-3-4-10(16(5-9)26-2)15(22)8-21-17(23)11-6-13(19)14(20)7-12(11)18(21)24/h3-7H,8H2,1-2H3. The molecule has 2 amide bonds. The summed E-state index contributed by atoms with van der Waals surface area (Å²) in [6.07, 6.45) is 0. The van der Waals surface area contributed by atoms with Crippen molar-refractivity contribution in [3.05, 3.63) is 57.1 Å². The van der Waals surface area contributed by atoms with E-state index in [1.807, 2.05) is 0 Å². The highest BCUT2D eigenvalue weighted by atomic mass is 35.5. The van der Waals surface area contributed by atoms with Gasteiger partial charge in [0.25, 0.3) is 11.8 Å².